The molecule has 0 bridgehead atoms. The van der Waals surface area contributed by atoms with E-state index in [1.54, 1.807) is 14.0 Å². The summed E-state index contributed by atoms with van der Waals surface area (Å²) >= 11 is 1.44. The van der Waals surface area contributed by atoms with Crippen LogP contribution in [0.25, 0.3) is 10.1 Å². The molecule has 23 heavy (non-hydrogen) atoms. The van der Waals surface area contributed by atoms with Gasteiger partial charge in [0.25, 0.3) is 5.91 Å². The Hall–Kier alpha value is -2.60. The average Bonchev–Trinajstić information content (AvgIpc) is 3.09. The fourth-order valence-electron chi connectivity index (χ4n) is 2.41. The molecule has 118 valence electrons. The summed E-state index contributed by atoms with van der Waals surface area (Å²) in [6.45, 7) is 1.82. The summed E-state index contributed by atoms with van der Waals surface area (Å²) in [6, 6.07) is 11.2. The first-order chi connectivity index (χ1) is 11.0. The lowest BCUT2D eigenvalue weighted by atomic mass is 10.2. The fraction of sp³-hybridized carbons (Fsp3) is 0.176. The molecular weight excluding hydrogens is 314 g/mol. The van der Waals surface area contributed by atoms with E-state index < -0.39 is 5.97 Å². The number of carboxylic acid groups (broad SMARTS) is 1. The van der Waals surface area contributed by atoms with Gasteiger partial charge in [0.05, 0.1) is 11.4 Å². The van der Waals surface area contributed by atoms with E-state index in [1.807, 2.05) is 30.3 Å². The van der Waals surface area contributed by atoms with Gasteiger partial charge in [0.1, 0.15) is 17.1 Å². The van der Waals surface area contributed by atoms with Crippen LogP contribution < -0.4 is 0 Å². The summed E-state index contributed by atoms with van der Waals surface area (Å²) in [5.74, 6) is -0.347. The lowest BCUT2D eigenvalue weighted by molar-refractivity contribution is 0.0694. The van der Waals surface area contributed by atoms with Crippen LogP contribution in [0, 0.1) is 6.92 Å². The van der Waals surface area contributed by atoms with Gasteiger partial charge in [-0.05, 0) is 30.5 Å². The number of furan rings is 1. The molecule has 0 aliphatic rings. The number of benzene rings is 1. The third-order valence-electron chi connectivity index (χ3n) is 3.58. The maximum Gasteiger partial charge on any atom is 0.339 e. The van der Waals surface area contributed by atoms with Crippen molar-refractivity contribution in [1.82, 2.24) is 4.90 Å². The first kappa shape index (κ1) is 15.3. The van der Waals surface area contributed by atoms with Crippen molar-refractivity contribution in [3.8, 4) is 0 Å². The third kappa shape index (κ3) is 2.98. The predicted molar refractivity (Wildman–Crippen MR) is 88.0 cm³/mol. The number of carbonyl (C=O) groups is 2. The Kier molecular flexibility index (Phi) is 3.92. The summed E-state index contributed by atoms with van der Waals surface area (Å²) in [5, 5.41) is 10.1. The molecule has 0 saturated heterocycles. The number of hydrogen-bond donors (Lipinski definition) is 1. The number of fused-ring (bicyclic) bond motifs is 1. The second-order valence-corrected chi connectivity index (χ2v) is 6.38. The van der Waals surface area contributed by atoms with Crippen molar-refractivity contribution in [3.05, 3.63) is 58.4 Å². The van der Waals surface area contributed by atoms with E-state index >= 15 is 0 Å². The number of thiophene rings is 1. The van der Waals surface area contributed by atoms with Crippen LogP contribution in [0.3, 0.4) is 0 Å². The van der Waals surface area contributed by atoms with Gasteiger partial charge in [0, 0.05) is 11.7 Å². The molecule has 0 spiro atoms. The van der Waals surface area contributed by atoms with E-state index in [-0.39, 0.29) is 18.0 Å². The maximum absolute atomic E-state index is 12.5. The quantitative estimate of drug-likeness (QED) is 0.791. The van der Waals surface area contributed by atoms with Crippen molar-refractivity contribution in [2.24, 2.45) is 0 Å². The summed E-state index contributed by atoms with van der Waals surface area (Å²) in [7, 11) is 1.67. The Bertz CT molecular complexity index is 860. The van der Waals surface area contributed by atoms with Gasteiger partial charge in [0.2, 0.25) is 0 Å². The van der Waals surface area contributed by atoms with E-state index in [2.05, 4.69) is 0 Å². The lowest BCUT2D eigenvalue weighted by Gasteiger charge is -2.14. The number of aromatic carboxylic acids is 1. The monoisotopic (exact) mass is 329 g/mol. The van der Waals surface area contributed by atoms with Crippen molar-refractivity contribution in [2.75, 3.05) is 7.05 Å². The van der Waals surface area contributed by atoms with Crippen molar-refractivity contribution >= 4 is 33.3 Å². The van der Waals surface area contributed by atoms with Crippen LogP contribution in [0.15, 0.2) is 40.8 Å². The number of carbonyl (C=O) groups excluding carboxylic acids is 1. The van der Waals surface area contributed by atoms with Crippen LogP contribution in [-0.2, 0) is 6.54 Å². The first-order valence-corrected chi connectivity index (χ1v) is 7.84. The van der Waals surface area contributed by atoms with E-state index in [4.69, 9.17) is 9.52 Å². The number of amides is 1. The van der Waals surface area contributed by atoms with Gasteiger partial charge in [-0.25, -0.2) is 4.79 Å². The van der Waals surface area contributed by atoms with Crippen molar-refractivity contribution in [3.63, 3.8) is 0 Å². The van der Waals surface area contributed by atoms with Gasteiger partial charge >= 0.3 is 5.97 Å². The highest BCUT2D eigenvalue weighted by atomic mass is 32.1. The minimum Gasteiger partial charge on any atom is -0.478 e. The molecule has 0 saturated carbocycles. The molecule has 1 aromatic carbocycles. The molecule has 1 N–H and O–H groups in total. The summed E-state index contributed by atoms with van der Waals surface area (Å²) in [5.41, 5.74) is 0.128. The SMILES string of the molecule is Cc1oc(CN(C)C(=O)c2cc3ccccc3s2)cc1C(=O)O. The molecule has 0 aliphatic carbocycles. The van der Waals surface area contributed by atoms with Gasteiger partial charge in [0.15, 0.2) is 0 Å². The number of hydrogen-bond acceptors (Lipinski definition) is 4. The molecule has 2 aromatic heterocycles. The Labute approximate surface area is 136 Å². The number of carboxylic acids is 1. The van der Waals surface area contributed by atoms with Crippen LogP contribution in [0.1, 0.15) is 31.6 Å². The zero-order valence-electron chi connectivity index (χ0n) is 12.7. The Morgan fingerprint density at radius 1 is 1.26 bits per heavy atom. The molecular formula is C17H15NO4S. The summed E-state index contributed by atoms with van der Waals surface area (Å²) < 4.78 is 6.48. The van der Waals surface area contributed by atoms with Gasteiger partial charge < -0.3 is 14.4 Å². The van der Waals surface area contributed by atoms with Crippen LogP contribution in [-0.4, -0.2) is 28.9 Å². The fourth-order valence-corrected chi connectivity index (χ4v) is 3.47. The lowest BCUT2D eigenvalue weighted by Crippen LogP contribution is -2.25. The van der Waals surface area contributed by atoms with Crippen LogP contribution in [0.2, 0.25) is 0 Å². The molecule has 6 heteroatoms. The Morgan fingerprint density at radius 2 is 2.00 bits per heavy atom. The normalized spacial score (nSPS) is 10.9. The Morgan fingerprint density at radius 3 is 2.65 bits per heavy atom. The van der Waals surface area contributed by atoms with E-state index in [0.717, 1.165) is 10.1 Å². The molecule has 2 heterocycles. The molecule has 0 fully saturated rings. The van der Waals surface area contributed by atoms with Gasteiger partial charge in [-0.1, -0.05) is 18.2 Å². The zero-order chi connectivity index (χ0) is 16.6. The highest BCUT2D eigenvalue weighted by Gasteiger charge is 2.19. The van der Waals surface area contributed by atoms with Crippen LogP contribution in [0.4, 0.5) is 0 Å². The van der Waals surface area contributed by atoms with E-state index in [9.17, 15) is 9.59 Å². The van der Waals surface area contributed by atoms with Gasteiger partial charge in [-0.15, -0.1) is 11.3 Å². The highest BCUT2D eigenvalue weighted by molar-refractivity contribution is 7.20. The summed E-state index contributed by atoms with van der Waals surface area (Å²) in [4.78, 5) is 25.7. The average molecular weight is 329 g/mol. The zero-order valence-corrected chi connectivity index (χ0v) is 13.5. The largest absolute Gasteiger partial charge is 0.478 e. The molecule has 3 aromatic rings. The maximum atomic E-state index is 12.5. The minimum absolute atomic E-state index is 0.114. The third-order valence-corrected chi connectivity index (χ3v) is 4.68. The minimum atomic E-state index is -1.03. The van der Waals surface area contributed by atoms with Crippen molar-refractivity contribution in [2.45, 2.75) is 13.5 Å². The second-order valence-electron chi connectivity index (χ2n) is 5.30. The second kappa shape index (κ2) is 5.89. The van der Waals surface area contributed by atoms with Gasteiger partial charge in [-0.2, -0.15) is 0 Å². The standard InChI is InChI=1S/C17H15NO4S/c1-10-13(17(20)21)8-12(22-10)9-18(2)16(19)15-7-11-5-3-4-6-14(11)23-15/h3-8H,9H2,1-2H3,(H,20,21). The number of aryl methyl sites for hydroxylation is 1. The molecule has 3 rings (SSSR count). The van der Waals surface area contributed by atoms with Crippen LogP contribution >= 0.6 is 11.3 Å². The topological polar surface area (TPSA) is 70.8 Å². The van der Waals surface area contributed by atoms with Crippen molar-refractivity contribution in [1.29, 1.82) is 0 Å². The number of nitrogens with zero attached hydrogens (tertiary/aromatic N) is 1. The van der Waals surface area contributed by atoms with Crippen molar-refractivity contribution < 1.29 is 19.1 Å². The molecule has 0 radical (unpaired) electrons. The molecule has 0 atom stereocenters. The highest BCUT2D eigenvalue weighted by Crippen LogP contribution is 2.26. The molecule has 5 nitrogen and oxygen atoms in total. The molecule has 1 amide bonds. The van der Waals surface area contributed by atoms with E-state index in [0.29, 0.717) is 16.4 Å². The predicted octanol–water partition coefficient (Wildman–Crippen LogP) is 3.77. The van der Waals surface area contributed by atoms with Gasteiger partial charge in [-0.3, -0.25) is 4.79 Å². The molecule has 0 aliphatic heterocycles. The first-order valence-electron chi connectivity index (χ1n) is 7.02. The number of rotatable bonds is 4. The Balaban J connectivity index is 1.79. The summed E-state index contributed by atoms with van der Waals surface area (Å²) in [6.07, 6.45) is 0. The van der Waals surface area contributed by atoms with E-state index in [1.165, 1.54) is 22.3 Å². The smallest absolute Gasteiger partial charge is 0.339 e. The molecule has 0 unspecified atom stereocenters. The van der Waals surface area contributed by atoms with Crippen LogP contribution in [0.5, 0.6) is 0 Å².